The molecule has 1 N–H and O–H groups in total. The zero-order valence-corrected chi connectivity index (χ0v) is 7.28. The summed E-state index contributed by atoms with van der Waals surface area (Å²) in [4.78, 5) is 0. The Morgan fingerprint density at radius 1 is 1.33 bits per heavy atom. The zero-order valence-electron chi connectivity index (χ0n) is 7.28. The molecule has 0 aromatic heterocycles. The minimum atomic E-state index is -4.01. The molecule has 1 fully saturated rings. The number of hydrogen-bond acceptors (Lipinski definition) is 1. The van der Waals surface area contributed by atoms with Gasteiger partial charge < -0.3 is 5.32 Å². The van der Waals surface area contributed by atoms with Crippen LogP contribution in [0.2, 0.25) is 0 Å². The highest BCUT2D eigenvalue weighted by molar-refractivity contribution is 4.86. The maximum Gasteiger partial charge on any atom is 0.389 e. The standard InChI is InChI=1S/C8H14F3N/c1-5-3-7(6(2)12-5)4-8(9,10)11/h5-7,12H,3-4H2,1-2H3/t5-,6+,7-/m1/s1. The molecule has 4 heteroatoms. The molecule has 1 nitrogen and oxygen atoms in total. The highest BCUT2D eigenvalue weighted by Crippen LogP contribution is 2.32. The highest BCUT2D eigenvalue weighted by Gasteiger charge is 2.38. The van der Waals surface area contributed by atoms with Crippen molar-refractivity contribution in [2.75, 3.05) is 0 Å². The Morgan fingerprint density at radius 2 is 1.92 bits per heavy atom. The van der Waals surface area contributed by atoms with Crippen molar-refractivity contribution in [2.24, 2.45) is 5.92 Å². The Hall–Kier alpha value is -0.250. The third kappa shape index (κ3) is 2.66. The molecule has 1 heterocycles. The Bertz CT molecular complexity index is 155. The van der Waals surface area contributed by atoms with Crippen LogP contribution in [0.25, 0.3) is 0 Å². The van der Waals surface area contributed by atoms with E-state index < -0.39 is 12.6 Å². The molecule has 3 atom stereocenters. The smallest absolute Gasteiger partial charge is 0.311 e. The quantitative estimate of drug-likeness (QED) is 0.654. The number of rotatable bonds is 1. The van der Waals surface area contributed by atoms with Gasteiger partial charge in [0, 0.05) is 18.5 Å². The van der Waals surface area contributed by atoms with E-state index in [4.69, 9.17) is 0 Å². The van der Waals surface area contributed by atoms with Crippen molar-refractivity contribution in [1.82, 2.24) is 5.32 Å². The summed E-state index contributed by atoms with van der Waals surface area (Å²) in [6.07, 6.45) is -4.02. The minimum Gasteiger partial charge on any atom is -0.311 e. The van der Waals surface area contributed by atoms with Gasteiger partial charge in [0.25, 0.3) is 0 Å². The summed E-state index contributed by atoms with van der Waals surface area (Å²) in [6, 6.07) is 0.231. The summed E-state index contributed by atoms with van der Waals surface area (Å²) in [7, 11) is 0. The molecule has 0 bridgehead atoms. The van der Waals surface area contributed by atoms with E-state index in [-0.39, 0.29) is 18.0 Å². The molecule has 0 radical (unpaired) electrons. The van der Waals surface area contributed by atoms with E-state index in [1.807, 2.05) is 13.8 Å². The van der Waals surface area contributed by atoms with Crippen LogP contribution in [-0.4, -0.2) is 18.3 Å². The van der Waals surface area contributed by atoms with Crippen LogP contribution in [-0.2, 0) is 0 Å². The van der Waals surface area contributed by atoms with Gasteiger partial charge in [0.2, 0.25) is 0 Å². The van der Waals surface area contributed by atoms with Crippen LogP contribution >= 0.6 is 0 Å². The molecule has 0 aliphatic carbocycles. The molecule has 1 rings (SSSR count). The second-order valence-corrected chi connectivity index (χ2v) is 3.67. The number of hydrogen-bond donors (Lipinski definition) is 1. The first kappa shape index (κ1) is 9.84. The summed E-state index contributed by atoms with van der Waals surface area (Å²) in [6.45, 7) is 3.74. The Kier molecular flexibility index (Phi) is 2.66. The molecule has 0 aromatic carbocycles. The summed E-state index contributed by atoms with van der Waals surface area (Å²) in [5, 5.41) is 3.09. The van der Waals surface area contributed by atoms with Gasteiger partial charge in [-0.05, 0) is 26.2 Å². The predicted molar refractivity (Wildman–Crippen MR) is 40.8 cm³/mol. The molecule has 1 aliphatic heterocycles. The van der Waals surface area contributed by atoms with Gasteiger partial charge in [-0.2, -0.15) is 13.2 Å². The van der Waals surface area contributed by atoms with Gasteiger partial charge in [-0.25, -0.2) is 0 Å². The lowest BCUT2D eigenvalue weighted by atomic mass is 9.96. The molecular formula is C8H14F3N. The fraction of sp³-hybridized carbons (Fsp3) is 1.00. The van der Waals surface area contributed by atoms with Crippen molar-refractivity contribution in [1.29, 1.82) is 0 Å². The average molecular weight is 181 g/mol. The van der Waals surface area contributed by atoms with Gasteiger partial charge in [-0.1, -0.05) is 0 Å². The van der Waals surface area contributed by atoms with Crippen molar-refractivity contribution in [3.05, 3.63) is 0 Å². The van der Waals surface area contributed by atoms with Gasteiger partial charge in [-0.3, -0.25) is 0 Å². The minimum absolute atomic E-state index is 0.00150. The maximum atomic E-state index is 12.0. The lowest BCUT2D eigenvalue weighted by molar-refractivity contribution is -0.144. The second-order valence-electron chi connectivity index (χ2n) is 3.67. The van der Waals surface area contributed by atoms with Crippen LogP contribution in [0.5, 0.6) is 0 Å². The number of halogens is 3. The summed E-state index contributed by atoms with van der Waals surface area (Å²) in [5.41, 5.74) is 0. The molecule has 0 unspecified atom stereocenters. The molecule has 0 saturated carbocycles. The third-order valence-corrected chi connectivity index (χ3v) is 2.40. The normalized spacial score (nSPS) is 37.2. The van der Waals surface area contributed by atoms with Gasteiger partial charge in [0.05, 0.1) is 0 Å². The first-order valence-electron chi connectivity index (χ1n) is 4.21. The average Bonchev–Trinajstić information content (AvgIpc) is 2.06. The molecule has 1 aliphatic rings. The Morgan fingerprint density at radius 3 is 2.25 bits per heavy atom. The van der Waals surface area contributed by atoms with Crippen LogP contribution in [0.15, 0.2) is 0 Å². The van der Waals surface area contributed by atoms with E-state index >= 15 is 0 Å². The third-order valence-electron chi connectivity index (χ3n) is 2.40. The van der Waals surface area contributed by atoms with Crippen molar-refractivity contribution in [2.45, 2.75) is 44.9 Å². The molecule has 0 spiro atoms. The Balaban J connectivity index is 2.43. The molecular weight excluding hydrogens is 167 g/mol. The van der Waals surface area contributed by atoms with Crippen molar-refractivity contribution in [3.8, 4) is 0 Å². The topological polar surface area (TPSA) is 12.0 Å². The van der Waals surface area contributed by atoms with Crippen LogP contribution in [0.1, 0.15) is 26.7 Å². The van der Waals surface area contributed by atoms with E-state index in [9.17, 15) is 13.2 Å². The van der Waals surface area contributed by atoms with Gasteiger partial charge in [0.15, 0.2) is 0 Å². The van der Waals surface area contributed by atoms with Crippen LogP contribution in [0.3, 0.4) is 0 Å². The van der Waals surface area contributed by atoms with Crippen LogP contribution in [0.4, 0.5) is 13.2 Å². The lowest BCUT2D eigenvalue weighted by Gasteiger charge is -2.16. The van der Waals surface area contributed by atoms with Crippen LogP contribution in [0, 0.1) is 5.92 Å². The first-order chi connectivity index (χ1) is 5.38. The van der Waals surface area contributed by atoms with Crippen molar-refractivity contribution >= 4 is 0 Å². The van der Waals surface area contributed by atoms with Gasteiger partial charge in [-0.15, -0.1) is 0 Å². The Labute approximate surface area is 70.3 Å². The van der Waals surface area contributed by atoms with E-state index in [0.717, 1.165) is 0 Å². The fourth-order valence-electron chi connectivity index (χ4n) is 1.87. The summed E-state index contributed by atoms with van der Waals surface area (Å²) < 4.78 is 35.9. The predicted octanol–water partition coefficient (Wildman–Crippen LogP) is 2.33. The lowest BCUT2D eigenvalue weighted by Crippen LogP contribution is -2.28. The van der Waals surface area contributed by atoms with Crippen LogP contribution < -0.4 is 5.32 Å². The molecule has 12 heavy (non-hydrogen) atoms. The summed E-state index contributed by atoms with van der Waals surface area (Å²) in [5.74, 6) is -0.236. The first-order valence-corrected chi connectivity index (χ1v) is 4.21. The molecule has 0 amide bonds. The van der Waals surface area contributed by atoms with Gasteiger partial charge in [0.1, 0.15) is 0 Å². The monoisotopic (exact) mass is 181 g/mol. The summed E-state index contributed by atoms with van der Waals surface area (Å²) >= 11 is 0. The van der Waals surface area contributed by atoms with Gasteiger partial charge >= 0.3 is 6.18 Å². The number of alkyl halides is 3. The van der Waals surface area contributed by atoms with E-state index in [1.54, 1.807) is 0 Å². The maximum absolute atomic E-state index is 12.0. The van der Waals surface area contributed by atoms with E-state index in [2.05, 4.69) is 5.32 Å². The van der Waals surface area contributed by atoms with Crippen molar-refractivity contribution in [3.63, 3.8) is 0 Å². The SMILES string of the molecule is C[C@@H]1C[C@H](CC(F)(F)F)[C@H](C)N1. The molecule has 72 valence electrons. The van der Waals surface area contributed by atoms with E-state index in [0.29, 0.717) is 6.42 Å². The zero-order chi connectivity index (χ0) is 9.35. The molecule has 0 aromatic rings. The fourth-order valence-corrected chi connectivity index (χ4v) is 1.87. The van der Waals surface area contributed by atoms with E-state index in [1.165, 1.54) is 0 Å². The second kappa shape index (κ2) is 3.24. The largest absolute Gasteiger partial charge is 0.389 e. The molecule has 1 saturated heterocycles. The van der Waals surface area contributed by atoms with Crippen molar-refractivity contribution < 1.29 is 13.2 Å². The highest BCUT2D eigenvalue weighted by atomic mass is 19.4. The number of nitrogens with one attached hydrogen (secondary N) is 1.